The van der Waals surface area contributed by atoms with Gasteiger partial charge in [0.05, 0.1) is 0 Å². The lowest BCUT2D eigenvalue weighted by atomic mass is 9.96. The molecule has 1 aromatic heterocycles. The van der Waals surface area contributed by atoms with Gasteiger partial charge in [0.1, 0.15) is 6.10 Å². The average Bonchev–Trinajstić information content (AvgIpc) is 3.46. The zero-order chi connectivity index (χ0) is 20.1. The minimum absolute atomic E-state index is 0.0197. The van der Waals surface area contributed by atoms with Crippen LogP contribution in [0.3, 0.4) is 0 Å². The fourth-order valence-corrected chi connectivity index (χ4v) is 4.58. The van der Waals surface area contributed by atoms with Gasteiger partial charge < -0.3 is 19.9 Å². The summed E-state index contributed by atoms with van der Waals surface area (Å²) in [7, 11) is 0. The van der Waals surface area contributed by atoms with Crippen LogP contribution < -0.4 is 10.1 Å². The molecule has 3 heterocycles. The molecule has 158 valence electrons. The number of hydrogen-bond donors (Lipinski definition) is 1. The van der Waals surface area contributed by atoms with E-state index in [-0.39, 0.29) is 24.0 Å². The lowest BCUT2D eigenvalue weighted by Gasteiger charge is -2.34. The number of aromatic nitrogens is 1. The summed E-state index contributed by atoms with van der Waals surface area (Å²) in [4.78, 5) is 33.2. The molecule has 2 saturated heterocycles. The van der Waals surface area contributed by atoms with Gasteiger partial charge in [-0.15, -0.1) is 0 Å². The van der Waals surface area contributed by atoms with E-state index in [4.69, 9.17) is 4.74 Å². The molecule has 0 bridgehead atoms. The highest BCUT2D eigenvalue weighted by Crippen LogP contribution is 2.24. The highest BCUT2D eigenvalue weighted by Gasteiger charge is 2.30. The Labute approximate surface area is 172 Å². The van der Waals surface area contributed by atoms with Crippen molar-refractivity contribution in [2.75, 3.05) is 26.2 Å². The molecular weight excluding hydrogens is 368 g/mol. The van der Waals surface area contributed by atoms with E-state index in [1.165, 1.54) is 12.8 Å². The Kier molecular flexibility index (Phi) is 6.52. The van der Waals surface area contributed by atoms with Crippen LogP contribution in [0, 0.1) is 5.92 Å². The standard InChI is InChI=1S/C22H32N4O3/c27-21(18-8-13-26(14-9-18)22(28)25-11-3-4-12-25)24-16-17-7-10-23-20(15-17)29-19-5-1-2-6-19/h7,10,15,18-19H,1-6,8-9,11-14,16H2,(H,24,27). The molecule has 0 unspecified atom stereocenters. The second kappa shape index (κ2) is 9.46. The van der Waals surface area contributed by atoms with E-state index >= 15 is 0 Å². The fourth-order valence-electron chi connectivity index (χ4n) is 4.58. The van der Waals surface area contributed by atoms with E-state index in [1.807, 2.05) is 21.9 Å². The molecule has 3 fully saturated rings. The minimum Gasteiger partial charge on any atom is -0.474 e. The average molecular weight is 401 g/mol. The quantitative estimate of drug-likeness (QED) is 0.825. The maximum atomic E-state index is 12.6. The Morgan fingerprint density at radius 3 is 2.41 bits per heavy atom. The summed E-state index contributed by atoms with van der Waals surface area (Å²) < 4.78 is 5.95. The van der Waals surface area contributed by atoms with Crippen molar-refractivity contribution in [3.8, 4) is 5.88 Å². The molecule has 1 aliphatic carbocycles. The van der Waals surface area contributed by atoms with Crippen molar-refractivity contribution in [3.63, 3.8) is 0 Å². The Morgan fingerprint density at radius 2 is 1.69 bits per heavy atom. The van der Waals surface area contributed by atoms with E-state index in [0.29, 0.717) is 25.5 Å². The first-order valence-corrected chi connectivity index (χ1v) is 11.1. The lowest BCUT2D eigenvalue weighted by molar-refractivity contribution is -0.126. The molecule has 0 aromatic carbocycles. The molecule has 7 heteroatoms. The minimum atomic E-state index is -0.0197. The number of nitrogens with zero attached hydrogens (tertiary/aromatic N) is 3. The number of amides is 3. The summed E-state index contributed by atoms with van der Waals surface area (Å²) in [5.41, 5.74) is 1.00. The van der Waals surface area contributed by atoms with Gasteiger partial charge in [-0.05, 0) is 63.0 Å². The second-order valence-corrected chi connectivity index (χ2v) is 8.48. The van der Waals surface area contributed by atoms with Crippen molar-refractivity contribution < 1.29 is 14.3 Å². The SMILES string of the molecule is O=C(NCc1ccnc(OC2CCCC2)c1)C1CCN(C(=O)N2CCCC2)CC1. The summed E-state index contributed by atoms with van der Waals surface area (Å²) >= 11 is 0. The number of piperidine rings is 1. The predicted octanol–water partition coefficient (Wildman–Crippen LogP) is 2.95. The van der Waals surface area contributed by atoms with Crippen LogP contribution in [0.4, 0.5) is 4.79 Å². The normalized spacial score (nSPS) is 20.8. The highest BCUT2D eigenvalue weighted by atomic mass is 16.5. The number of pyridine rings is 1. The van der Waals surface area contributed by atoms with Gasteiger partial charge in [-0.3, -0.25) is 4.79 Å². The zero-order valence-corrected chi connectivity index (χ0v) is 17.1. The summed E-state index contributed by atoms with van der Waals surface area (Å²) in [6, 6.07) is 3.99. The highest BCUT2D eigenvalue weighted by molar-refractivity contribution is 5.79. The van der Waals surface area contributed by atoms with Gasteiger partial charge in [-0.1, -0.05) is 0 Å². The van der Waals surface area contributed by atoms with Crippen LogP contribution in [0.15, 0.2) is 18.3 Å². The van der Waals surface area contributed by atoms with Gasteiger partial charge >= 0.3 is 6.03 Å². The molecule has 1 N–H and O–H groups in total. The first-order chi connectivity index (χ1) is 14.2. The van der Waals surface area contributed by atoms with Gasteiger partial charge in [0.15, 0.2) is 0 Å². The van der Waals surface area contributed by atoms with Crippen molar-refractivity contribution in [2.45, 2.75) is 64.0 Å². The Bertz CT molecular complexity index is 706. The third-order valence-corrected chi connectivity index (χ3v) is 6.37. The number of likely N-dealkylation sites (tertiary alicyclic amines) is 2. The monoisotopic (exact) mass is 400 g/mol. The summed E-state index contributed by atoms with van der Waals surface area (Å²) in [5.74, 6) is 0.708. The molecule has 1 saturated carbocycles. The van der Waals surface area contributed by atoms with Crippen molar-refractivity contribution >= 4 is 11.9 Å². The van der Waals surface area contributed by atoms with Crippen molar-refractivity contribution in [1.29, 1.82) is 0 Å². The number of carbonyl (C=O) groups is 2. The van der Waals surface area contributed by atoms with Crippen LogP contribution in [0.5, 0.6) is 5.88 Å². The molecule has 4 rings (SSSR count). The molecule has 3 aliphatic rings. The Balaban J connectivity index is 1.21. The maximum Gasteiger partial charge on any atom is 0.319 e. The van der Waals surface area contributed by atoms with Gasteiger partial charge in [-0.25, -0.2) is 9.78 Å². The third kappa shape index (κ3) is 5.19. The zero-order valence-electron chi connectivity index (χ0n) is 17.1. The van der Waals surface area contributed by atoms with E-state index in [1.54, 1.807) is 6.20 Å². The van der Waals surface area contributed by atoms with Crippen LogP contribution in [0.2, 0.25) is 0 Å². The van der Waals surface area contributed by atoms with Gasteiger partial charge in [-0.2, -0.15) is 0 Å². The van der Waals surface area contributed by atoms with Crippen molar-refractivity contribution in [2.24, 2.45) is 5.92 Å². The Hall–Kier alpha value is -2.31. The van der Waals surface area contributed by atoms with Crippen LogP contribution in [-0.2, 0) is 11.3 Å². The van der Waals surface area contributed by atoms with Crippen LogP contribution in [0.25, 0.3) is 0 Å². The van der Waals surface area contributed by atoms with Crippen LogP contribution in [0.1, 0.15) is 56.9 Å². The van der Waals surface area contributed by atoms with Gasteiger partial charge in [0.2, 0.25) is 11.8 Å². The molecule has 7 nitrogen and oxygen atoms in total. The van der Waals surface area contributed by atoms with E-state index in [0.717, 1.165) is 57.2 Å². The molecule has 1 aromatic rings. The fraction of sp³-hybridized carbons (Fsp3) is 0.682. The number of urea groups is 1. The van der Waals surface area contributed by atoms with Crippen molar-refractivity contribution in [3.05, 3.63) is 23.9 Å². The first kappa shape index (κ1) is 20.0. The third-order valence-electron chi connectivity index (χ3n) is 6.37. The summed E-state index contributed by atoms with van der Waals surface area (Å²) in [6.07, 6.45) is 10.3. The Morgan fingerprint density at radius 1 is 1.00 bits per heavy atom. The van der Waals surface area contributed by atoms with Crippen molar-refractivity contribution in [1.82, 2.24) is 20.1 Å². The lowest BCUT2D eigenvalue weighted by Crippen LogP contribution is -2.47. The molecular formula is C22H32N4O3. The molecule has 3 amide bonds. The molecule has 29 heavy (non-hydrogen) atoms. The smallest absolute Gasteiger partial charge is 0.319 e. The first-order valence-electron chi connectivity index (χ1n) is 11.1. The molecule has 0 atom stereocenters. The van der Waals surface area contributed by atoms with E-state index < -0.39 is 0 Å². The number of rotatable bonds is 5. The molecule has 2 aliphatic heterocycles. The number of nitrogens with one attached hydrogen (secondary N) is 1. The van der Waals surface area contributed by atoms with Crippen LogP contribution >= 0.6 is 0 Å². The second-order valence-electron chi connectivity index (χ2n) is 8.48. The predicted molar refractivity (Wildman–Crippen MR) is 109 cm³/mol. The van der Waals surface area contributed by atoms with Gasteiger partial charge in [0.25, 0.3) is 0 Å². The molecule has 0 spiro atoms. The van der Waals surface area contributed by atoms with Gasteiger partial charge in [0, 0.05) is 50.9 Å². The number of hydrogen-bond acceptors (Lipinski definition) is 4. The molecule has 0 radical (unpaired) electrons. The van der Waals surface area contributed by atoms with E-state index in [9.17, 15) is 9.59 Å². The van der Waals surface area contributed by atoms with Crippen LogP contribution in [-0.4, -0.2) is 59.0 Å². The summed E-state index contributed by atoms with van der Waals surface area (Å²) in [5, 5.41) is 3.05. The largest absolute Gasteiger partial charge is 0.474 e. The van der Waals surface area contributed by atoms with E-state index in [2.05, 4.69) is 10.3 Å². The summed E-state index contributed by atoms with van der Waals surface area (Å²) in [6.45, 7) is 3.56. The topological polar surface area (TPSA) is 74.8 Å². The number of ether oxygens (including phenoxy) is 1. The number of carbonyl (C=O) groups excluding carboxylic acids is 2. The maximum absolute atomic E-state index is 12.6.